The number of rotatable bonds is 11. The highest BCUT2D eigenvalue weighted by molar-refractivity contribution is 4.52. The Morgan fingerprint density at radius 1 is 0.448 bits per heavy atom. The van der Waals surface area contributed by atoms with Crippen LogP contribution in [-0.2, 0) is 14.2 Å². The number of hydrogen-bond donors (Lipinski definition) is 4. The standard InChI is InChI=1S/C8H18O5.4C3H6.C2H6O2/c9-1-3-11-5-7-13-8-6-12-4-2-10;4*1-3-2;3-1-2-4/h9-10H,1-8H2;4*3H,1H2,2H3;3-4H,1-2H2. The first-order valence-corrected chi connectivity index (χ1v) is 9.44. The van der Waals surface area contributed by atoms with Gasteiger partial charge in [0.2, 0.25) is 0 Å². The molecule has 0 atom stereocenters. The van der Waals surface area contributed by atoms with Gasteiger partial charge in [-0.05, 0) is 27.7 Å². The molecule has 0 heterocycles. The Labute approximate surface area is 179 Å². The number of aliphatic hydroxyl groups is 4. The summed E-state index contributed by atoms with van der Waals surface area (Å²) >= 11 is 0. The van der Waals surface area contributed by atoms with Crippen molar-refractivity contribution in [2.75, 3.05) is 66.1 Å². The van der Waals surface area contributed by atoms with Crippen LogP contribution >= 0.6 is 0 Å². The van der Waals surface area contributed by atoms with E-state index in [9.17, 15) is 0 Å². The first kappa shape index (κ1) is 41.9. The Hall–Kier alpha value is -1.32. The molecule has 0 spiro atoms. The van der Waals surface area contributed by atoms with Crippen molar-refractivity contribution in [1.29, 1.82) is 0 Å². The molecule has 0 saturated carbocycles. The molecule has 0 aliphatic rings. The van der Waals surface area contributed by atoms with Gasteiger partial charge in [-0.3, -0.25) is 0 Å². The normalized spacial score (nSPS) is 7.59. The van der Waals surface area contributed by atoms with E-state index in [0.717, 1.165) is 0 Å². The highest BCUT2D eigenvalue weighted by Gasteiger charge is 1.89. The second-order valence-corrected chi connectivity index (χ2v) is 4.36. The number of allylic oxidation sites excluding steroid dienone is 4. The summed E-state index contributed by atoms with van der Waals surface area (Å²) in [4.78, 5) is 0. The summed E-state index contributed by atoms with van der Waals surface area (Å²) in [5.74, 6) is 0. The number of hydrogen-bond acceptors (Lipinski definition) is 7. The van der Waals surface area contributed by atoms with Gasteiger partial charge >= 0.3 is 0 Å². The first-order valence-electron chi connectivity index (χ1n) is 9.44. The molecule has 0 radical (unpaired) electrons. The highest BCUT2D eigenvalue weighted by atomic mass is 16.5. The van der Waals surface area contributed by atoms with E-state index in [2.05, 4.69) is 26.3 Å². The average Bonchev–Trinajstić information content (AvgIpc) is 2.69. The molecule has 178 valence electrons. The molecule has 7 nitrogen and oxygen atoms in total. The lowest BCUT2D eigenvalue weighted by Gasteiger charge is -2.04. The van der Waals surface area contributed by atoms with Crippen LogP contribution in [0.25, 0.3) is 0 Å². The van der Waals surface area contributed by atoms with Crippen LogP contribution in [0.5, 0.6) is 0 Å². The van der Waals surface area contributed by atoms with Crippen LogP contribution in [0, 0.1) is 0 Å². The molecule has 0 unspecified atom stereocenters. The smallest absolute Gasteiger partial charge is 0.0701 e. The molecule has 0 aromatic carbocycles. The molecule has 0 rings (SSSR count). The number of ether oxygens (including phenoxy) is 3. The summed E-state index contributed by atoms with van der Waals surface area (Å²) in [5, 5.41) is 32.0. The summed E-state index contributed by atoms with van der Waals surface area (Å²) in [6, 6.07) is 0. The molecule has 29 heavy (non-hydrogen) atoms. The van der Waals surface area contributed by atoms with Crippen LogP contribution in [0.3, 0.4) is 0 Å². The highest BCUT2D eigenvalue weighted by Crippen LogP contribution is 1.80. The molecule has 4 N–H and O–H groups in total. The minimum Gasteiger partial charge on any atom is -0.394 e. The molecule has 0 aromatic heterocycles. The van der Waals surface area contributed by atoms with Crippen LogP contribution in [-0.4, -0.2) is 86.5 Å². The second-order valence-electron chi connectivity index (χ2n) is 4.36. The zero-order valence-electron chi connectivity index (χ0n) is 19.2. The van der Waals surface area contributed by atoms with E-state index in [1.165, 1.54) is 0 Å². The van der Waals surface area contributed by atoms with Gasteiger partial charge in [0.1, 0.15) is 0 Å². The van der Waals surface area contributed by atoms with Crippen molar-refractivity contribution >= 4 is 0 Å². The van der Waals surface area contributed by atoms with Crippen molar-refractivity contribution < 1.29 is 34.6 Å². The summed E-state index contributed by atoms with van der Waals surface area (Å²) in [7, 11) is 0. The van der Waals surface area contributed by atoms with Crippen molar-refractivity contribution in [2.45, 2.75) is 27.7 Å². The molecular weight excluding hydrogens is 376 g/mol. The predicted octanol–water partition coefficient (Wildman–Crippen LogP) is 2.76. The summed E-state index contributed by atoms with van der Waals surface area (Å²) in [6.07, 6.45) is 7.00. The van der Waals surface area contributed by atoms with E-state index < -0.39 is 0 Å². The molecule has 0 aliphatic heterocycles. The van der Waals surface area contributed by atoms with Gasteiger partial charge in [0, 0.05) is 0 Å². The lowest BCUT2D eigenvalue weighted by Crippen LogP contribution is -2.11. The molecule has 0 amide bonds. The lowest BCUT2D eigenvalue weighted by atomic mass is 10.7. The van der Waals surface area contributed by atoms with Gasteiger partial charge in [-0.1, -0.05) is 24.3 Å². The molecule has 7 heteroatoms. The summed E-state index contributed by atoms with van der Waals surface area (Å²) in [6.45, 7) is 23.5. The van der Waals surface area contributed by atoms with Crippen molar-refractivity contribution in [1.82, 2.24) is 0 Å². The summed E-state index contributed by atoms with van der Waals surface area (Å²) in [5.41, 5.74) is 0. The quantitative estimate of drug-likeness (QED) is 0.298. The van der Waals surface area contributed by atoms with E-state index in [4.69, 9.17) is 34.6 Å². The van der Waals surface area contributed by atoms with Gasteiger partial charge in [-0.25, -0.2) is 0 Å². The van der Waals surface area contributed by atoms with E-state index in [0.29, 0.717) is 39.6 Å². The van der Waals surface area contributed by atoms with Crippen molar-refractivity contribution in [2.24, 2.45) is 0 Å². The molecule has 0 bridgehead atoms. The SMILES string of the molecule is C=CC.C=CC.C=CC.C=CC.OCCO.OCCOCCOCCOCCO. The van der Waals surface area contributed by atoms with E-state index >= 15 is 0 Å². The fourth-order valence-electron chi connectivity index (χ4n) is 0.671. The Morgan fingerprint density at radius 3 is 0.759 bits per heavy atom. The van der Waals surface area contributed by atoms with Crippen LogP contribution in [0.1, 0.15) is 27.7 Å². The van der Waals surface area contributed by atoms with Crippen LogP contribution in [0.15, 0.2) is 50.6 Å². The molecule has 0 saturated heterocycles. The minimum atomic E-state index is -0.125. The molecule has 0 fully saturated rings. The van der Waals surface area contributed by atoms with Crippen LogP contribution < -0.4 is 0 Å². The van der Waals surface area contributed by atoms with Gasteiger partial charge < -0.3 is 34.6 Å². The van der Waals surface area contributed by atoms with Gasteiger partial charge in [0.15, 0.2) is 0 Å². The van der Waals surface area contributed by atoms with Crippen LogP contribution in [0.4, 0.5) is 0 Å². The topological polar surface area (TPSA) is 109 Å². The zero-order valence-corrected chi connectivity index (χ0v) is 19.2. The third kappa shape index (κ3) is 173. The minimum absolute atomic E-state index is 0.0413. The maximum absolute atomic E-state index is 8.36. The predicted molar refractivity (Wildman–Crippen MR) is 124 cm³/mol. The maximum atomic E-state index is 8.36. The Bertz CT molecular complexity index is 211. The van der Waals surface area contributed by atoms with Crippen molar-refractivity contribution in [3.63, 3.8) is 0 Å². The molecule has 0 aliphatic carbocycles. The molecular formula is C22H48O7. The number of aliphatic hydroxyl groups excluding tert-OH is 4. The fourth-order valence-corrected chi connectivity index (χ4v) is 0.671. The van der Waals surface area contributed by atoms with Crippen molar-refractivity contribution in [3.05, 3.63) is 50.6 Å². The third-order valence-corrected chi connectivity index (χ3v) is 1.32. The average molecular weight is 425 g/mol. The van der Waals surface area contributed by atoms with Gasteiger partial charge in [-0.15, -0.1) is 26.3 Å². The van der Waals surface area contributed by atoms with E-state index in [1.54, 1.807) is 24.3 Å². The van der Waals surface area contributed by atoms with E-state index in [1.807, 2.05) is 27.7 Å². The first-order chi connectivity index (χ1) is 14.0. The van der Waals surface area contributed by atoms with Crippen molar-refractivity contribution in [3.8, 4) is 0 Å². The Kier molecular flexibility index (Phi) is 103. The Balaban J connectivity index is -0.0000000677. The zero-order chi connectivity index (χ0) is 24.0. The van der Waals surface area contributed by atoms with Crippen LogP contribution in [0.2, 0.25) is 0 Å². The largest absolute Gasteiger partial charge is 0.394 e. The van der Waals surface area contributed by atoms with Gasteiger partial charge in [-0.2, -0.15) is 0 Å². The molecule has 0 aromatic rings. The van der Waals surface area contributed by atoms with E-state index in [-0.39, 0.29) is 26.4 Å². The maximum Gasteiger partial charge on any atom is 0.0701 e. The monoisotopic (exact) mass is 424 g/mol. The lowest BCUT2D eigenvalue weighted by molar-refractivity contribution is 0.00230. The second kappa shape index (κ2) is 71.6. The third-order valence-electron chi connectivity index (χ3n) is 1.32. The van der Waals surface area contributed by atoms with Gasteiger partial charge in [0.25, 0.3) is 0 Å². The fraction of sp³-hybridized carbons (Fsp3) is 0.636. The van der Waals surface area contributed by atoms with Gasteiger partial charge in [0.05, 0.1) is 66.1 Å². The summed E-state index contributed by atoms with van der Waals surface area (Å²) < 4.78 is 15.0. The Morgan fingerprint density at radius 2 is 0.621 bits per heavy atom.